The minimum Gasteiger partial charge on any atom is -0.374 e. The zero-order valence-corrected chi connectivity index (χ0v) is 13.5. The van der Waals surface area contributed by atoms with Crippen molar-refractivity contribution in [3.8, 4) is 10.8 Å². The Labute approximate surface area is 138 Å². The standard InChI is InChI=1S/C16H18N4O2S/c21-16(20-8-9-22-13-5-2-1-4-12(13)20)11-10-23-15(19-11)14-17-6-3-7-18-14/h3,6-7,10,12-13H,1-2,4-5,8-9H2. The third kappa shape index (κ3) is 2.86. The molecule has 2 unspecified atom stereocenters. The topological polar surface area (TPSA) is 68.2 Å². The number of carbonyl (C=O) groups excluding carboxylic acids is 1. The molecule has 0 spiro atoms. The highest BCUT2D eigenvalue weighted by Crippen LogP contribution is 2.30. The fraction of sp³-hybridized carbons (Fsp3) is 0.500. The van der Waals surface area contributed by atoms with Gasteiger partial charge in [0.1, 0.15) is 5.69 Å². The first-order valence-electron chi connectivity index (χ1n) is 7.98. The van der Waals surface area contributed by atoms with E-state index >= 15 is 0 Å². The van der Waals surface area contributed by atoms with Crippen molar-refractivity contribution in [1.82, 2.24) is 19.9 Å². The molecule has 1 aliphatic heterocycles. The summed E-state index contributed by atoms with van der Waals surface area (Å²) >= 11 is 1.41. The second-order valence-electron chi connectivity index (χ2n) is 5.87. The van der Waals surface area contributed by atoms with Crippen LogP contribution >= 0.6 is 11.3 Å². The molecule has 2 aliphatic rings. The first-order chi connectivity index (χ1) is 11.3. The number of carbonyl (C=O) groups is 1. The van der Waals surface area contributed by atoms with Gasteiger partial charge in [0.05, 0.1) is 18.8 Å². The quantitative estimate of drug-likeness (QED) is 0.846. The van der Waals surface area contributed by atoms with Crippen molar-refractivity contribution in [2.24, 2.45) is 0 Å². The molecule has 2 fully saturated rings. The molecule has 6 nitrogen and oxygen atoms in total. The van der Waals surface area contributed by atoms with Crippen LogP contribution < -0.4 is 0 Å². The smallest absolute Gasteiger partial charge is 0.273 e. The molecule has 0 N–H and O–H groups in total. The van der Waals surface area contributed by atoms with Crippen LogP contribution in [0.2, 0.25) is 0 Å². The maximum Gasteiger partial charge on any atom is 0.273 e. The number of hydrogen-bond acceptors (Lipinski definition) is 6. The molecule has 1 saturated heterocycles. The van der Waals surface area contributed by atoms with E-state index in [1.807, 2.05) is 4.90 Å². The Bertz CT molecular complexity index is 688. The van der Waals surface area contributed by atoms with E-state index in [4.69, 9.17) is 4.74 Å². The first kappa shape index (κ1) is 14.7. The molecule has 23 heavy (non-hydrogen) atoms. The van der Waals surface area contributed by atoms with Gasteiger partial charge >= 0.3 is 0 Å². The maximum atomic E-state index is 12.9. The van der Waals surface area contributed by atoms with E-state index < -0.39 is 0 Å². The highest BCUT2D eigenvalue weighted by atomic mass is 32.1. The Balaban J connectivity index is 1.56. The fourth-order valence-corrected chi connectivity index (χ4v) is 4.12. The van der Waals surface area contributed by atoms with Crippen LogP contribution in [0, 0.1) is 0 Å². The highest BCUT2D eigenvalue weighted by Gasteiger charge is 2.37. The molecule has 7 heteroatoms. The van der Waals surface area contributed by atoms with Gasteiger partial charge in [0.25, 0.3) is 5.91 Å². The number of rotatable bonds is 2. The normalized spacial score (nSPS) is 24.3. The van der Waals surface area contributed by atoms with E-state index in [1.165, 1.54) is 17.8 Å². The Morgan fingerprint density at radius 3 is 2.96 bits per heavy atom. The number of thiazole rings is 1. The number of nitrogens with zero attached hydrogens (tertiary/aromatic N) is 4. The van der Waals surface area contributed by atoms with Crippen molar-refractivity contribution in [3.63, 3.8) is 0 Å². The Kier molecular flexibility index (Phi) is 4.05. The number of fused-ring (bicyclic) bond motifs is 1. The minimum atomic E-state index is 0.00336. The monoisotopic (exact) mass is 330 g/mol. The number of aromatic nitrogens is 3. The van der Waals surface area contributed by atoms with Crippen LogP contribution in [0.15, 0.2) is 23.8 Å². The predicted molar refractivity (Wildman–Crippen MR) is 86.2 cm³/mol. The van der Waals surface area contributed by atoms with Gasteiger partial charge in [-0.25, -0.2) is 15.0 Å². The largest absolute Gasteiger partial charge is 0.374 e. The van der Waals surface area contributed by atoms with E-state index in [9.17, 15) is 4.79 Å². The second kappa shape index (κ2) is 6.33. The predicted octanol–water partition coefficient (Wildman–Crippen LogP) is 2.38. The molecule has 120 valence electrons. The summed E-state index contributed by atoms with van der Waals surface area (Å²) in [6.45, 7) is 1.26. The zero-order chi connectivity index (χ0) is 15.6. The molecule has 0 bridgehead atoms. The Hall–Kier alpha value is -1.86. The second-order valence-corrected chi connectivity index (χ2v) is 6.73. The average molecular weight is 330 g/mol. The summed E-state index contributed by atoms with van der Waals surface area (Å²) in [7, 11) is 0. The number of amides is 1. The first-order valence-corrected chi connectivity index (χ1v) is 8.86. The highest BCUT2D eigenvalue weighted by molar-refractivity contribution is 7.13. The van der Waals surface area contributed by atoms with Gasteiger partial charge in [-0.05, 0) is 18.9 Å². The summed E-state index contributed by atoms with van der Waals surface area (Å²) in [5.41, 5.74) is 0.490. The number of morpholine rings is 1. The summed E-state index contributed by atoms with van der Waals surface area (Å²) in [5, 5.41) is 2.49. The molecule has 0 aromatic carbocycles. The van der Waals surface area contributed by atoms with E-state index in [-0.39, 0.29) is 18.1 Å². The average Bonchev–Trinajstić information content (AvgIpc) is 3.11. The summed E-state index contributed by atoms with van der Waals surface area (Å²) in [5.74, 6) is 0.567. The van der Waals surface area contributed by atoms with E-state index in [2.05, 4.69) is 15.0 Å². The summed E-state index contributed by atoms with van der Waals surface area (Å²) in [4.78, 5) is 27.7. The van der Waals surface area contributed by atoms with Gasteiger partial charge in [0.15, 0.2) is 10.8 Å². The molecule has 0 radical (unpaired) electrons. The lowest BCUT2D eigenvalue weighted by molar-refractivity contribution is -0.0754. The Morgan fingerprint density at radius 2 is 2.09 bits per heavy atom. The molecule has 3 heterocycles. The lowest BCUT2D eigenvalue weighted by Gasteiger charge is -2.43. The minimum absolute atomic E-state index is 0.00336. The zero-order valence-electron chi connectivity index (χ0n) is 12.7. The van der Waals surface area contributed by atoms with E-state index in [0.29, 0.717) is 29.7 Å². The molecular formula is C16H18N4O2S. The molecule has 2 atom stereocenters. The van der Waals surface area contributed by atoms with Crippen LogP contribution in [0.25, 0.3) is 10.8 Å². The molecule has 1 aliphatic carbocycles. The fourth-order valence-electron chi connectivity index (χ4n) is 3.38. The van der Waals surface area contributed by atoms with Crippen LogP contribution in [0.3, 0.4) is 0 Å². The molecule has 1 amide bonds. The van der Waals surface area contributed by atoms with Crippen LogP contribution in [0.1, 0.15) is 36.2 Å². The van der Waals surface area contributed by atoms with Crippen LogP contribution in [-0.4, -0.2) is 51.1 Å². The van der Waals surface area contributed by atoms with Crippen molar-refractivity contribution in [1.29, 1.82) is 0 Å². The van der Waals surface area contributed by atoms with Gasteiger partial charge in [-0.2, -0.15) is 0 Å². The third-order valence-corrected chi connectivity index (χ3v) is 5.31. The van der Waals surface area contributed by atoms with E-state index in [0.717, 1.165) is 19.3 Å². The maximum absolute atomic E-state index is 12.9. The summed E-state index contributed by atoms with van der Waals surface area (Å²) in [6, 6.07) is 1.96. The van der Waals surface area contributed by atoms with E-state index in [1.54, 1.807) is 23.8 Å². The molecule has 1 saturated carbocycles. The number of ether oxygens (including phenoxy) is 1. The van der Waals surface area contributed by atoms with Crippen molar-refractivity contribution < 1.29 is 9.53 Å². The molecule has 4 rings (SSSR count). The molecule has 2 aromatic heterocycles. The van der Waals surface area contributed by atoms with Gasteiger partial charge < -0.3 is 9.64 Å². The van der Waals surface area contributed by atoms with Gasteiger partial charge in [-0.15, -0.1) is 11.3 Å². The summed E-state index contributed by atoms with van der Waals surface area (Å²) in [6.07, 6.45) is 7.98. The molecular weight excluding hydrogens is 312 g/mol. The van der Waals surface area contributed by atoms with Crippen LogP contribution in [0.4, 0.5) is 0 Å². The van der Waals surface area contributed by atoms with Gasteiger partial charge in [-0.3, -0.25) is 4.79 Å². The number of hydrogen-bond donors (Lipinski definition) is 0. The van der Waals surface area contributed by atoms with Crippen LogP contribution in [-0.2, 0) is 4.74 Å². The van der Waals surface area contributed by atoms with Gasteiger partial charge in [0, 0.05) is 24.3 Å². The van der Waals surface area contributed by atoms with Crippen molar-refractivity contribution >= 4 is 17.2 Å². The van der Waals surface area contributed by atoms with Crippen molar-refractivity contribution in [2.45, 2.75) is 37.8 Å². The van der Waals surface area contributed by atoms with Crippen LogP contribution in [0.5, 0.6) is 0 Å². The van der Waals surface area contributed by atoms with Crippen molar-refractivity contribution in [3.05, 3.63) is 29.5 Å². The summed E-state index contributed by atoms with van der Waals surface area (Å²) < 4.78 is 5.84. The lowest BCUT2D eigenvalue weighted by Crippen LogP contribution is -2.54. The van der Waals surface area contributed by atoms with Crippen molar-refractivity contribution in [2.75, 3.05) is 13.2 Å². The van der Waals surface area contributed by atoms with Gasteiger partial charge in [0.2, 0.25) is 0 Å². The lowest BCUT2D eigenvalue weighted by atomic mass is 9.90. The van der Waals surface area contributed by atoms with Gasteiger partial charge in [-0.1, -0.05) is 12.8 Å². The third-order valence-electron chi connectivity index (χ3n) is 4.47. The molecule has 2 aromatic rings. The Morgan fingerprint density at radius 1 is 1.26 bits per heavy atom. The SMILES string of the molecule is O=C(c1csc(-c2ncccn2)n1)N1CCOC2CCCCC21.